The van der Waals surface area contributed by atoms with Gasteiger partial charge in [0, 0.05) is 0 Å². The molecule has 0 aromatic carbocycles. The second-order valence-electron chi connectivity index (χ2n) is 4.92. The molecule has 4 atom stereocenters. The largest absolute Gasteiger partial charge is 0.377 e. The molecule has 1 aliphatic heterocycles. The number of nitrogens with two attached hydrogens (primary N) is 1. The maximum absolute atomic E-state index is 12.3. The average molecular weight is 354 g/mol. The second-order valence-corrected chi connectivity index (χ2v) is 7.36. The predicted molar refractivity (Wildman–Crippen MR) is 89.3 cm³/mol. The van der Waals surface area contributed by atoms with E-state index in [0.29, 0.717) is 0 Å². The molecule has 1 saturated heterocycles. The van der Waals surface area contributed by atoms with E-state index < -0.39 is 23.3 Å². The van der Waals surface area contributed by atoms with Crippen molar-refractivity contribution in [2.24, 2.45) is 0 Å². The molecule has 3 rings (SSSR count). The standard InChI is InChI=1S/C13H14N4O4S2/c1-3-4-6(18)11-21-10(5(2)22-11)17-8-7(23-13(17)20)9(19)16-12(14)15-8/h5-6,10-11,18H,1-2H3,(H3,14,15,16,19). The molecule has 0 saturated carbocycles. The number of hydrogen-bond donors (Lipinski definition) is 3. The molecule has 2 aromatic heterocycles. The van der Waals surface area contributed by atoms with Gasteiger partial charge in [-0.1, -0.05) is 17.3 Å². The van der Waals surface area contributed by atoms with E-state index in [9.17, 15) is 14.7 Å². The van der Waals surface area contributed by atoms with Gasteiger partial charge in [0.2, 0.25) is 5.95 Å². The van der Waals surface area contributed by atoms with Crippen molar-refractivity contribution in [1.82, 2.24) is 14.5 Å². The van der Waals surface area contributed by atoms with Crippen molar-refractivity contribution in [1.29, 1.82) is 0 Å². The normalized spacial score (nSPS) is 25.3. The number of ether oxygens (including phenoxy) is 1. The first kappa shape index (κ1) is 16.1. The van der Waals surface area contributed by atoms with Gasteiger partial charge in [-0.05, 0) is 13.8 Å². The highest BCUT2D eigenvalue weighted by Crippen LogP contribution is 2.40. The third-order valence-corrected chi connectivity index (χ3v) is 5.56. The molecular formula is C13H14N4O4S2. The Balaban J connectivity index is 2.07. The number of thiazole rings is 1. The van der Waals surface area contributed by atoms with Crippen LogP contribution in [0.3, 0.4) is 0 Å². The van der Waals surface area contributed by atoms with Crippen molar-refractivity contribution in [2.75, 3.05) is 5.73 Å². The zero-order valence-electron chi connectivity index (χ0n) is 12.3. The number of hydrogen-bond acceptors (Lipinski definition) is 8. The minimum Gasteiger partial charge on any atom is -0.377 e. The topological polar surface area (TPSA) is 123 Å². The molecule has 2 aromatic rings. The number of aromatic nitrogens is 3. The minimum atomic E-state index is -0.959. The summed E-state index contributed by atoms with van der Waals surface area (Å²) >= 11 is 2.16. The number of rotatable bonds is 2. The molecule has 0 aliphatic carbocycles. The fraction of sp³-hybridized carbons (Fsp3) is 0.462. The molecular weight excluding hydrogens is 340 g/mol. The van der Waals surface area contributed by atoms with Crippen LogP contribution < -0.4 is 16.2 Å². The third kappa shape index (κ3) is 2.76. The van der Waals surface area contributed by atoms with Crippen LogP contribution in [0.1, 0.15) is 20.1 Å². The van der Waals surface area contributed by atoms with Gasteiger partial charge in [-0.15, -0.1) is 17.7 Å². The van der Waals surface area contributed by atoms with Gasteiger partial charge in [-0.25, -0.2) is 0 Å². The molecule has 0 amide bonds. The van der Waals surface area contributed by atoms with E-state index >= 15 is 0 Å². The van der Waals surface area contributed by atoms with Crippen molar-refractivity contribution in [2.45, 2.75) is 36.9 Å². The third-order valence-electron chi connectivity index (χ3n) is 3.32. The highest BCUT2D eigenvalue weighted by atomic mass is 32.2. The predicted octanol–water partition coefficient (Wildman–Crippen LogP) is 0.0893. The number of aliphatic hydroxyl groups is 1. The first-order valence-corrected chi connectivity index (χ1v) is 8.50. The monoisotopic (exact) mass is 354 g/mol. The molecule has 3 heterocycles. The summed E-state index contributed by atoms with van der Waals surface area (Å²) < 4.78 is 7.30. The number of aromatic amines is 1. The van der Waals surface area contributed by atoms with E-state index in [4.69, 9.17) is 10.5 Å². The summed E-state index contributed by atoms with van der Waals surface area (Å²) in [6.07, 6.45) is -1.62. The van der Waals surface area contributed by atoms with Gasteiger partial charge >= 0.3 is 4.87 Å². The van der Waals surface area contributed by atoms with Crippen molar-refractivity contribution in [3.05, 3.63) is 20.0 Å². The Bertz CT molecular complexity index is 922. The maximum atomic E-state index is 12.3. The van der Waals surface area contributed by atoms with Crippen LogP contribution in [0, 0.1) is 11.8 Å². The van der Waals surface area contributed by atoms with Crippen LogP contribution in [-0.4, -0.2) is 36.4 Å². The quantitative estimate of drug-likeness (QED) is 0.653. The van der Waals surface area contributed by atoms with E-state index in [1.54, 1.807) is 6.92 Å². The molecule has 0 radical (unpaired) electrons. The van der Waals surface area contributed by atoms with E-state index in [1.807, 2.05) is 6.92 Å². The SMILES string of the molecule is CC#CC(O)C1OC(n2c(=O)sc3c(=O)[nH]c(N)nc32)C(C)S1. The highest BCUT2D eigenvalue weighted by molar-refractivity contribution is 8.00. The molecule has 122 valence electrons. The molecule has 0 spiro atoms. The lowest BCUT2D eigenvalue weighted by Gasteiger charge is -2.16. The lowest BCUT2D eigenvalue weighted by molar-refractivity contribution is -0.0292. The second kappa shape index (κ2) is 6.01. The number of anilines is 1. The van der Waals surface area contributed by atoms with Gasteiger partial charge in [0.05, 0.1) is 5.25 Å². The van der Waals surface area contributed by atoms with Gasteiger partial charge in [0.1, 0.15) is 16.2 Å². The van der Waals surface area contributed by atoms with Gasteiger partial charge in [0.25, 0.3) is 5.56 Å². The summed E-state index contributed by atoms with van der Waals surface area (Å²) in [6, 6.07) is 0. The zero-order valence-corrected chi connectivity index (χ0v) is 13.9. The Morgan fingerprint density at radius 2 is 2.26 bits per heavy atom. The van der Waals surface area contributed by atoms with Gasteiger partial charge in [-0.2, -0.15) is 4.98 Å². The van der Waals surface area contributed by atoms with Crippen molar-refractivity contribution < 1.29 is 9.84 Å². The van der Waals surface area contributed by atoms with E-state index in [0.717, 1.165) is 11.3 Å². The Morgan fingerprint density at radius 1 is 1.52 bits per heavy atom. The van der Waals surface area contributed by atoms with Crippen LogP contribution >= 0.6 is 23.1 Å². The molecule has 1 aliphatic rings. The Kier molecular flexibility index (Phi) is 4.20. The van der Waals surface area contributed by atoms with Gasteiger partial charge in [0.15, 0.2) is 11.9 Å². The fourth-order valence-corrected chi connectivity index (χ4v) is 4.35. The van der Waals surface area contributed by atoms with Crippen LogP contribution in [0.2, 0.25) is 0 Å². The summed E-state index contributed by atoms with van der Waals surface area (Å²) in [5, 5.41) is 9.82. The summed E-state index contributed by atoms with van der Waals surface area (Å²) in [6.45, 7) is 3.49. The maximum Gasteiger partial charge on any atom is 0.311 e. The number of aliphatic hydroxyl groups excluding tert-OH is 1. The Labute approximate surface area is 138 Å². The van der Waals surface area contributed by atoms with Crippen molar-refractivity contribution in [3.63, 3.8) is 0 Å². The van der Waals surface area contributed by atoms with Crippen LogP contribution in [0.15, 0.2) is 9.59 Å². The average Bonchev–Trinajstić information content (AvgIpc) is 2.99. The van der Waals surface area contributed by atoms with Crippen LogP contribution in [0.4, 0.5) is 5.95 Å². The summed E-state index contributed by atoms with van der Waals surface area (Å²) in [7, 11) is 0. The number of nitrogens with one attached hydrogen (secondary N) is 1. The number of fused-ring (bicyclic) bond motifs is 1. The minimum absolute atomic E-state index is 0.0687. The van der Waals surface area contributed by atoms with E-state index in [-0.39, 0.29) is 26.4 Å². The zero-order chi connectivity index (χ0) is 16.7. The number of nitrogen functional groups attached to an aromatic ring is 1. The molecule has 1 fully saturated rings. The molecule has 23 heavy (non-hydrogen) atoms. The Morgan fingerprint density at radius 3 is 2.96 bits per heavy atom. The van der Waals surface area contributed by atoms with Crippen LogP contribution in [0.5, 0.6) is 0 Å². The lowest BCUT2D eigenvalue weighted by atomic mass is 10.3. The number of nitrogens with zero attached hydrogens (tertiary/aromatic N) is 2. The number of H-pyrrole nitrogens is 1. The van der Waals surface area contributed by atoms with Crippen molar-refractivity contribution in [3.8, 4) is 11.8 Å². The highest BCUT2D eigenvalue weighted by Gasteiger charge is 2.39. The van der Waals surface area contributed by atoms with Crippen LogP contribution in [-0.2, 0) is 4.74 Å². The Hall–Kier alpha value is -1.80. The van der Waals surface area contributed by atoms with Crippen molar-refractivity contribution >= 4 is 39.4 Å². The smallest absolute Gasteiger partial charge is 0.311 e. The molecule has 8 nitrogen and oxygen atoms in total. The first-order chi connectivity index (χ1) is 10.9. The fourth-order valence-electron chi connectivity index (χ4n) is 2.36. The summed E-state index contributed by atoms with van der Waals surface area (Å²) in [5.74, 6) is 5.19. The number of thioether (sulfide) groups is 1. The molecule has 10 heteroatoms. The van der Waals surface area contributed by atoms with Gasteiger partial charge < -0.3 is 15.6 Å². The van der Waals surface area contributed by atoms with Crippen LogP contribution in [0.25, 0.3) is 10.3 Å². The molecule has 4 unspecified atom stereocenters. The van der Waals surface area contributed by atoms with E-state index in [1.165, 1.54) is 16.3 Å². The van der Waals surface area contributed by atoms with Gasteiger partial charge in [-0.3, -0.25) is 19.1 Å². The summed E-state index contributed by atoms with van der Waals surface area (Å²) in [4.78, 5) is 30.3. The first-order valence-electron chi connectivity index (χ1n) is 6.74. The summed E-state index contributed by atoms with van der Waals surface area (Å²) in [5.41, 5.74) is 4.72. The lowest BCUT2D eigenvalue weighted by Crippen LogP contribution is -2.27. The molecule has 0 bridgehead atoms. The van der Waals surface area contributed by atoms with E-state index in [2.05, 4.69) is 21.8 Å². The molecule has 4 N–H and O–H groups in total.